The molecule has 9 heteroatoms. The minimum Gasteiger partial charge on any atom is -0.490 e. The van der Waals surface area contributed by atoms with E-state index in [0.717, 1.165) is 0 Å². The fourth-order valence-electron chi connectivity index (χ4n) is 1.56. The molecule has 0 spiro atoms. The van der Waals surface area contributed by atoms with Crippen LogP contribution in [-0.2, 0) is 0 Å². The zero-order chi connectivity index (χ0) is 15.4. The first kappa shape index (κ1) is 14.7. The Bertz CT molecular complexity index is 707. The smallest absolute Gasteiger partial charge is 0.312 e. The Morgan fingerprint density at radius 2 is 2.19 bits per heavy atom. The van der Waals surface area contributed by atoms with Gasteiger partial charge < -0.3 is 10.1 Å². The summed E-state index contributed by atoms with van der Waals surface area (Å²) in [6, 6.07) is 4.05. The predicted octanol–water partition coefficient (Wildman–Crippen LogP) is 2.30. The molecule has 1 heterocycles. The van der Waals surface area contributed by atoms with Gasteiger partial charge in [0.1, 0.15) is 10.8 Å². The van der Waals surface area contributed by atoms with Gasteiger partial charge in [-0.25, -0.2) is 4.98 Å². The van der Waals surface area contributed by atoms with Gasteiger partial charge in [-0.3, -0.25) is 19.9 Å². The molecule has 0 bridgehead atoms. The molecule has 0 fully saturated rings. The summed E-state index contributed by atoms with van der Waals surface area (Å²) >= 11 is 5.64. The molecule has 21 heavy (non-hydrogen) atoms. The molecule has 0 atom stereocenters. The largest absolute Gasteiger partial charge is 0.490 e. The highest BCUT2D eigenvalue weighted by molar-refractivity contribution is 6.29. The molecule has 1 aromatic carbocycles. The quantitative estimate of drug-likeness (QED) is 0.686. The van der Waals surface area contributed by atoms with Crippen LogP contribution in [0.3, 0.4) is 0 Å². The average Bonchev–Trinajstić information content (AvgIpc) is 2.47. The van der Waals surface area contributed by atoms with Gasteiger partial charge in [-0.1, -0.05) is 11.6 Å². The summed E-state index contributed by atoms with van der Waals surface area (Å²) in [4.78, 5) is 29.8. The van der Waals surface area contributed by atoms with Crippen molar-refractivity contribution in [2.75, 3.05) is 12.4 Å². The van der Waals surface area contributed by atoms with Crippen LogP contribution in [-0.4, -0.2) is 27.9 Å². The molecule has 108 valence electrons. The zero-order valence-corrected chi connectivity index (χ0v) is 11.5. The van der Waals surface area contributed by atoms with Crippen LogP contribution in [0.25, 0.3) is 0 Å². The van der Waals surface area contributed by atoms with Gasteiger partial charge >= 0.3 is 5.69 Å². The number of aromatic nitrogens is 2. The number of carbonyl (C=O) groups excluding carboxylic acids is 1. The molecule has 0 saturated heterocycles. The lowest BCUT2D eigenvalue weighted by atomic mass is 10.2. The lowest BCUT2D eigenvalue weighted by molar-refractivity contribution is -0.385. The van der Waals surface area contributed by atoms with E-state index in [1.807, 2.05) is 0 Å². The van der Waals surface area contributed by atoms with Gasteiger partial charge in [0.05, 0.1) is 24.4 Å². The Balaban J connectivity index is 2.25. The highest BCUT2D eigenvalue weighted by atomic mass is 35.5. The van der Waals surface area contributed by atoms with Gasteiger partial charge in [-0.15, -0.1) is 0 Å². The molecule has 0 aliphatic rings. The van der Waals surface area contributed by atoms with Crippen LogP contribution < -0.4 is 10.1 Å². The Kier molecular flexibility index (Phi) is 4.29. The fourth-order valence-corrected chi connectivity index (χ4v) is 1.70. The topological polar surface area (TPSA) is 107 Å². The van der Waals surface area contributed by atoms with Crippen molar-refractivity contribution in [3.63, 3.8) is 0 Å². The molecule has 1 aromatic heterocycles. The van der Waals surface area contributed by atoms with Gasteiger partial charge in [-0.05, 0) is 12.1 Å². The summed E-state index contributed by atoms with van der Waals surface area (Å²) in [5.74, 6) is -0.481. The van der Waals surface area contributed by atoms with Gasteiger partial charge in [0, 0.05) is 11.8 Å². The van der Waals surface area contributed by atoms with Gasteiger partial charge in [-0.2, -0.15) is 0 Å². The number of carbonyl (C=O) groups is 1. The Morgan fingerprint density at radius 1 is 1.43 bits per heavy atom. The second-order valence-corrected chi connectivity index (χ2v) is 4.21. The molecule has 0 aliphatic carbocycles. The van der Waals surface area contributed by atoms with E-state index in [0.29, 0.717) is 0 Å². The van der Waals surface area contributed by atoms with E-state index in [1.165, 1.54) is 37.7 Å². The first-order valence-corrected chi connectivity index (χ1v) is 6.00. The molecule has 0 aliphatic heterocycles. The number of methoxy groups -OCH3 is 1. The highest BCUT2D eigenvalue weighted by Crippen LogP contribution is 2.29. The fraction of sp³-hybridized carbons (Fsp3) is 0.0833. The van der Waals surface area contributed by atoms with Crippen LogP contribution in [0.15, 0.2) is 30.6 Å². The van der Waals surface area contributed by atoms with Crippen molar-refractivity contribution in [1.82, 2.24) is 9.97 Å². The minimum absolute atomic E-state index is 0.000899. The number of nitrogens with one attached hydrogen (secondary N) is 1. The van der Waals surface area contributed by atoms with E-state index in [4.69, 9.17) is 16.3 Å². The number of anilines is 1. The zero-order valence-electron chi connectivity index (χ0n) is 10.7. The maximum Gasteiger partial charge on any atom is 0.312 e. The number of benzene rings is 1. The number of halogens is 1. The second-order valence-electron chi connectivity index (χ2n) is 3.82. The number of nitrogens with zero attached hydrogens (tertiary/aromatic N) is 3. The third-order valence-corrected chi connectivity index (χ3v) is 2.65. The third kappa shape index (κ3) is 3.42. The van der Waals surface area contributed by atoms with E-state index in [-0.39, 0.29) is 28.0 Å². The molecule has 2 rings (SSSR count). The van der Waals surface area contributed by atoms with Crippen molar-refractivity contribution < 1.29 is 14.5 Å². The number of rotatable bonds is 4. The predicted molar refractivity (Wildman–Crippen MR) is 74.6 cm³/mol. The molecule has 0 saturated carbocycles. The van der Waals surface area contributed by atoms with Crippen molar-refractivity contribution in [2.24, 2.45) is 0 Å². The summed E-state index contributed by atoms with van der Waals surface area (Å²) < 4.78 is 4.87. The van der Waals surface area contributed by atoms with Crippen molar-refractivity contribution in [2.45, 2.75) is 0 Å². The molecule has 0 unspecified atom stereocenters. The molecular weight excluding hydrogens is 300 g/mol. The van der Waals surface area contributed by atoms with E-state index < -0.39 is 10.8 Å². The third-order valence-electron chi connectivity index (χ3n) is 2.47. The Morgan fingerprint density at radius 3 is 2.81 bits per heavy atom. The number of nitro groups is 1. The van der Waals surface area contributed by atoms with E-state index in [2.05, 4.69) is 15.3 Å². The first-order chi connectivity index (χ1) is 10.0. The molecule has 1 amide bonds. The van der Waals surface area contributed by atoms with E-state index in [9.17, 15) is 14.9 Å². The maximum absolute atomic E-state index is 11.9. The second kappa shape index (κ2) is 6.14. The first-order valence-electron chi connectivity index (χ1n) is 5.62. The number of hydrogen-bond donors (Lipinski definition) is 1. The van der Waals surface area contributed by atoms with Crippen molar-refractivity contribution >= 4 is 28.9 Å². The van der Waals surface area contributed by atoms with Crippen LogP contribution in [0.4, 0.5) is 11.4 Å². The molecule has 1 N–H and O–H groups in total. The molecule has 2 aromatic rings. The normalized spacial score (nSPS) is 10.0. The number of hydrogen-bond acceptors (Lipinski definition) is 6. The van der Waals surface area contributed by atoms with E-state index in [1.54, 1.807) is 0 Å². The summed E-state index contributed by atoms with van der Waals surface area (Å²) in [6.07, 6.45) is 2.52. The van der Waals surface area contributed by atoms with Crippen molar-refractivity contribution in [3.05, 3.63) is 51.6 Å². The maximum atomic E-state index is 11.9. The van der Waals surface area contributed by atoms with E-state index >= 15 is 0 Å². The minimum atomic E-state index is -0.603. The lowest BCUT2D eigenvalue weighted by Gasteiger charge is -2.06. The summed E-state index contributed by atoms with van der Waals surface area (Å²) in [5.41, 5.74) is -0.0253. The van der Waals surface area contributed by atoms with Crippen LogP contribution in [0.1, 0.15) is 10.5 Å². The molecule has 0 radical (unpaired) electrons. The van der Waals surface area contributed by atoms with Crippen LogP contribution in [0.5, 0.6) is 5.75 Å². The van der Waals surface area contributed by atoms with Crippen LogP contribution >= 0.6 is 11.6 Å². The summed E-state index contributed by atoms with van der Waals surface area (Å²) in [6.45, 7) is 0. The monoisotopic (exact) mass is 308 g/mol. The van der Waals surface area contributed by atoms with Crippen LogP contribution in [0.2, 0.25) is 5.15 Å². The number of ether oxygens (including phenoxy) is 1. The van der Waals surface area contributed by atoms with Crippen molar-refractivity contribution in [3.8, 4) is 5.75 Å². The van der Waals surface area contributed by atoms with Gasteiger partial charge in [0.25, 0.3) is 5.91 Å². The van der Waals surface area contributed by atoms with Gasteiger partial charge in [0.2, 0.25) is 0 Å². The van der Waals surface area contributed by atoms with Gasteiger partial charge in [0.15, 0.2) is 5.75 Å². The lowest BCUT2D eigenvalue weighted by Crippen LogP contribution is -2.14. The molecular formula is C12H9ClN4O4. The number of amides is 1. The number of nitro benzene ring substituents is 1. The Labute approximate surface area is 123 Å². The summed E-state index contributed by atoms with van der Waals surface area (Å²) in [7, 11) is 1.32. The SMILES string of the molecule is COc1ccc(NC(=O)c2cncc(Cl)n2)cc1[N+](=O)[O-]. The Hall–Kier alpha value is -2.74. The standard InChI is InChI=1S/C12H9ClN4O4/c1-21-10-3-2-7(4-9(10)17(19)20)15-12(18)8-5-14-6-11(13)16-8/h2-6H,1H3,(H,15,18). The highest BCUT2D eigenvalue weighted by Gasteiger charge is 2.17. The van der Waals surface area contributed by atoms with Crippen molar-refractivity contribution in [1.29, 1.82) is 0 Å². The summed E-state index contributed by atoms with van der Waals surface area (Å²) in [5, 5.41) is 13.5. The average molecular weight is 309 g/mol. The van der Waals surface area contributed by atoms with Crippen LogP contribution in [0, 0.1) is 10.1 Å². The molecule has 8 nitrogen and oxygen atoms in total.